The third kappa shape index (κ3) is 4.66. The Morgan fingerprint density at radius 2 is 2.21 bits per heavy atom. The molecule has 1 fully saturated rings. The molecule has 1 atom stereocenters. The van der Waals surface area contributed by atoms with Crippen molar-refractivity contribution in [3.8, 4) is 5.75 Å². The molecule has 0 radical (unpaired) electrons. The average Bonchev–Trinajstić information content (AvgIpc) is 3.19. The molecule has 4 nitrogen and oxygen atoms in total. The SMILES string of the molecule is COCC(O)COc1c(Cl)cccc1CNC1CC1. The fraction of sp³-hybridized carbons (Fsp3) is 0.571. The van der Waals surface area contributed by atoms with Crippen LogP contribution < -0.4 is 10.1 Å². The molecule has 5 heteroatoms. The minimum Gasteiger partial charge on any atom is -0.489 e. The first-order valence-electron chi connectivity index (χ1n) is 6.51. The number of hydrogen-bond donors (Lipinski definition) is 2. The van der Waals surface area contributed by atoms with Crippen LogP contribution in [0.4, 0.5) is 0 Å². The zero-order valence-corrected chi connectivity index (χ0v) is 11.8. The number of halogens is 1. The number of rotatable bonds is 8. The molecule has 0 spiro atoms. The molecular weight excluding hydrogens is 266 g/mol. The Morgan fingerprint density at radius 1 is 1.42 bits per heavy atom. The topological polar surface area (TPSA) is 50.7 Å². The van der Waals surface area contributed by atoms with Crippen molar-refractivity contribution in [1.82, 2.24) is 5.32 Å². The molecule has 0 saturated heterocycles. The molecule has 19 heavy (non-hydrogen) atoms. The Bertz CT molecular complexity index is 410. The monoisotopic (exact) mass is 285 g/mol. The molecule has 0 bridgehead atoms. The van der Waals surface area contributed by atoms with Crippen molar-refractivity contribution in [2.75, 3.05) is 20.3 Å². The maximum atomic E-state index is 9.61. The summed E-state index contributed by atoms with van der Waals surface area (Å²) in [5, 5.41) is 13.6. The highest BCUT2D eigenvalue weighted by atomic mass is 35.5. The fourth-order valence-corrected chi connectivity index (χ4v) is 2.06. The van der Waals surface area contributed by atoms with Crippen LogP contribution in [0.1, 0.15) is 18.4 Å². The number of aliphatic hydroxyl groups excluding tert-OH is 1. The summed E-state index contributed by atoms with van der Waals surface area (Å²) in [4.78, 5) is 0. The Balaban J connectivity index is 1.95. The van der Waals surface area contributed by atoms with Crippen molar-refractivity contribution < 1.29 is 14.6 Å². The summed E-state index contributed by atoms with van der Waals surface area (Å²) in [6, 6.07) is 6.32. The smallest absolute Gasteiger partial charge is 0.142 e. The van der Waals surface area contributed by atoms with Crippen LogP contribution in [0.2, 0.25) is 5.02 Å². The molecule has 0 aromatic heterocycles. The van der Waals surface area contributed by atoms with Gasteiger partial charge in [0, 0.05) is 25.3 Å². The molecule has 1 aromatic carbocycles. The van der Waals surface area contributed by atoms with Gasteiger partial charge in [-0.15, -0.1) is 0 Å². The molecule has 2 rings (SSSR count). The molecule has 2 N–H and O–H groups in total. The van der Waals surface area contributed by atoms with Crippen LogP contribution in [0.3, 0.4) is 0 Å². The van der Waals surface area contributed by atoms with Crippen LogP contribution in [0, 0.1) is 0 Å². The van der Waals surface area contributed by atoms with Crippen molar-refractivity contribution in [1.29, 1.82) is 0 Å². The quantitative estimate of drug-likeness (QED) is 0.767. The Hall–Kier alpha value is -0.810. The molecule has 0 amide bonds. The van der Waals surface area contributed by atoms with Crippen LogP contribution in [0.25, 0.3) is 0 Å². The van der Waals surface area contributed by atoms with Crippen LogP contribution in [-0.2, 0) is 11.3 Å². The lowest BCUT2D eigenvalue weighted by atomic mass is 10.2. The summed E-state index contributed by atoms with van der Waals surface area (Å²) in [5.74, 6) is 0.646. The van der Waals surface area contributed by atoms with Crippen molar-refractivity contribution in [3.63, 3.8) is 0 Å². The maximum absolute atomic E-state index is 9.61. The van der Waals surface area contributed by atoms with E-state index in [2.05, 4.69) is 5.32 Å². The number of aliphatic hydroxyl groups is 1. The Labute approximate surface area is 118 Å². The first kappa shape index (κ1) is 14.6. The zero-order valence-electron chi connectivity index (χ0n) is 11.1. The average molecular weight is 286 g/mol. The van der Waals surface area contributed by atoms with Gasteiger partial charge in [-0.3, -0.25) is 0 Å². The Kier molecular flexibility index (Phi) is 5.45. The predicted octanol–water partition coefficient (Wildman–Crippen LogP) is 1.98. The highest BCUT2D eigenvalue weighted by Crippen LogP contribution is 2.29. The van der Waals surface area contributed by atoms with E-state index >= 15 is 0 Å². The van der Waals surface area contributed by atoms with E-state index in [1.54, 1.807) is 13.2 Å². The number of ether oxygens (including phenoxy) is 2. The standard InChI is InChI=1S/C14H20ClNO3/c1-18-8-12(17)9-19-14-10(3-2-4-13(14)15)7-16-11-5-6-11/h2-4,11-12,16-17H,5-9H2,1H3. The van der Waals surface area contributed by atoms with Crippen LogP contribution >= 0.6 is 11.6 Å². The third-order valence-corrected chi connectivity index (χ3v) is 3.28. The number of benzene rings is 1. The van der Waals surface area contributed by atoms with Crippen molar-refractivity contribution in [3.05, 3.63) is 28.8 Å². The number of methoxy groups -OCH3 is 1. The van der Waals surface area contributed by atoms with E-state index in [0.29, 0.717) is 16.8 Å². The van der Waals surface area contributed by atoms with Crippen molar-refractivity contribution in [2.45, 2.75) is 31.5 Å². The molecule has 1 aliphatic carbocycles. The number of nitrogens with one attached hydrogen (secondary N) is 1. The summed E-state index contributed by atoms with van der Waals surface area (Å²) >= 11 is 6.16. The van der Waals surface area contributed by atoms with Gasteiger partial charge in [-0.1, -0.05) is 23.7 Å². The normalized spacial score (nSPS) is 16.4. The Morgan fingerprint density at radius 3 is 2.89 bits per heavy atom. The molecule has 106 valence electrons. The van der Waals surface area contributed by atoms with Gasteiger partial charge in [0.1, 0.15) is 18.5 Å². The van der Waals surface area contributed by atoms with Gasteiger partial charge in [0.15, 0.2) is 0 Å². The van der Waals surface area contributed by atoms with E-state index in [0.717, 1.165) is 12.1 Å². The van der Waals surface area contributed by atoms with E-state index < -0.39 is 6.10 Å². The first-order chi connectivity index (χ1) is 9.20. The molecule has 1 aromatic rings. The van der Waals surface area contributed by atoms with Crippen LogP contribution in [0.15, 0.2) is 18.2 Å². The summed E-state index contributed by atoms with van der Waals surface area (Å²) in [6.45, 7) is 1.16. The summed E-state index contributed by atoms with van der Waals surface area (Å²) in [5.41, 5.74) is 1.02. The molecule has 1 unspecified atom stereocenters. The molecule has 0 aliphatic heterocycles. The van der Waals surface area contributed by atoms with Gasteiger partial charge < -0.3 is 19.9 Å². The molecule has 1 saturated carbocycles. The molecule has 0 heterocycles. The van der Waals surface area contributed by atoms with Gasteiger partial charge in [0.2, 0.25) is 0 Å². The largest absolute Gasteiger partial charge is 0.489 e. The first-order valence-corrected chi connectivity index (χ1v) is 6.89. The summed E-state index contributed by atoms with van der Waals surface area (Å²) in [6.07, 6.45) is 1.83. The second-order valence-corrected chi connectivity index (χ2v) is 5.21. The lowest BCUT2D eigenvalue weighted by Gasteiger charge is -2.16. The maximum Gasteiger partial charge on any atom is 0.142 e. The lowest BCUT2D eigenvalue weighted by Crippen LogP contribution is -2.23. The molecular formula is C14H20ClNO3. The van der Waals surface area contributed by atoms with E-state index in [4.69, 9.17) is 21.1 Å². The van der Waals surface area contributed by atoms with Gasteiger partial charge in [-0.05, 0) is 18.9 Å². The van der Waals surface area contributed by atoms with E-state index in [-0.39, 0.29) is 13.2 Å². The number of hydrogen-bond acceptors (Lipinski definition) is 4. The highest BCUT2D eigenvalue weighted by Gasteiger charge is 2.21. The predicted molar refractivity (Wildman–Crippen MR) is 74.7 cm³/mol. The minimum atomic E-state index is -0.648. The van der Waals surface area contributed by atoms with Gasteiger partial charge in [0.05, 0.1) is 11.6 Å². The van der Waals surface area contributed by atoms with Crippen LogP contribution in [-0.4, -0.2) is 37.6 Å². The van der Waals surface area contributed by atoms with E-state index in [1.165, 1.54) is 12.8 Å². The number of para-hydroxylation sites is 1. The van der Waals surface area contributed by atoms with Gasteiger partial charge in [-0.2, -0.15) is 0 Å². The highest BCUT2D eigenvalue weighted by molar-refractivity contribution is 6.32. The van der Waals surface area contributed by atoms with E-state index in [1.807, 2.05) is 12.1 Å². The van der Waals surface area contributed by atoms with Crippen LogP contribution in [0.5, 0.6) is 5.75 Å². The van der Waals surface area contributed by atoms with Gasteiger partial charge >= 0.3 is 0 Å². The van der Waals surface area contributed by atoms with Gasteiger partial charge in [0.25, 0.3) is 0 Å². The van der Waals surface area contributed by atoms with Crippen molar-refractivity contribution >= 4 is 11.6 Å². The lowest BCUT2D eigenvalue weighted by molar-refractivity contribution is 0.0323. The third-order valence-electron chi connectivity index (χ3n) is 2.99. The minimum absolute atomic E-state index is 0.175. The van der Waals surface area contributed by atoms with Gasteiger partial charge in [-0.25, -0.2) is 0 Å². The summed E-state index contributed by atoms with van der Waals surface area (Å²) in [7, 11) is 1.55. The zero-order chi connectivity index (χ0) is 13.7. The fourth-order valence-electron chi connectivity index (χ4n) is 1.82. The van der Waals surface area contributed by atoms with Crippen molar-refractivity contribution in [2.24, 2.45) is 0 Å². The van der Waals surface area contributed by atoms with E-state index in [9.17, 15) is 5.11 Å². The summed E-state index contributed by atoms with van der Waals surface area (Å²) < 4.78 is 10.5. The molecule has 1 aliphatic rings. The second kappa shape index (κ2) is 7.10. The second-order valence-electron chi connectivity index (χ2n) is 4.80.